The highest BCUT2D eigenvalue weighted by atomic mass is 16.3. The summed E-state index contributed by atoms with van der Waals surface area (Å²) >= 11 is 0. The molecule has 1 rings (SSSR count). The molecule has 1 aromatic carbocycles. The Hall–Kier alpha value is -1.51. The second-order valence-corrected chi connectivity index (χ2v) is 3.99. The van der Waals surface area contributed by atoms with Crippen LogP contribution in [-0.4, -0.2) is 11.0 Å². The molecule has 0 aliphatic rings. The van der Waals surface area contributed by atoms with Gasteiger partial charge in [-0.15, -0.1) is 0 Å². The Morgan fingerprint density at radius 1 is 1.47 bits per heavy atom. The summed E-state index contributed by atoms with van der Waals surface area (Å²) in [7, 11) is 0. The van der Waals surface area contributed by atoms with Gasteiger partial charge >= 0.3 is 0 Å². The first kappa shape index (κ1) is 11.6. The van der Waals surface area contributed by atoms with Gasteiger partial charge in [0.1, 0.15) is 5.75 Å². The number of carbonyl (C=O) groups excluding carboxylic acids is 1. The summed E-state index contributed by atoms with van der Waals surface area (Å²) in [6, 6.07) is 5.41. The van der Waals surface area contributed by atoms with Gasteiger partial charge in [0.25, 0.3) is 0 Å². The van der Waals surface area contributed by atoms with E-state index in [1.165, 1.54) is 0 Å². The van der Waals surface area contributed by atoms with Crippen LogP contribution in [0, 0.1) is 12.8 Å². The summed E-state index contributed by atoms with van der Waals surface area (Å²) in [5.41, 5.74) is 1.75. The van der Waals surface area contributed by atoms with Gasteiger partial charge in [0.05, 0.1) is 0 Å². The van der Waals surface area contributed by atoms with Crippen LogP contribution in [0.4, 0.5) is 0 Å². The van der Waals surface area contributed by atoms with Crippen LogP contribution >= 0.6 is 0 Å². The minimum absolute atomic E-state index is 0.0101. The van der Waals surface area contributed by atoms with Crippen LogP contribution in [0.3, 0.4) is 0 Å². The monoisotopic (exact) mass is 207 g/mol. The highest BCUT2D eigenvalue weighted by Crippen LogP contribution is 2.17. The first-order valence-electron chi connectivity index (χ1n) is 5.07. The molecule has 82 valence electrons. The van der Waals surface area contributed by atoms with Gasteiger partial charge in [-0.3, -0.25) is 4.79 Å². The number of carbonyl (C=O) groups is 1. The quantitative estimate of drug-likeness (QED) is 0.796. The Kier molecular flexibility index (Phi) is 3.72. The van der Waals surface area contributed by atoms with Crippen LogP contribution < -0.4 is 5.32 Å². The lowest BCUT2D eigenvalue weighted by molar-refractivity contribution is -0.124. The van der Waals surface area contributed by atoms with Gasteiger partial charge in [0.15, 0.2) is 0 Å². The molecule has 3 nitrogen and oxygen atoms in total. The second-order valence-electron chi connectivity index (χ2n) is 3.99. The molecule has 0 saturated heterocycles. The summed E-state index contributed by atoms with van der Waals surface area (Å²) in [6.07, 6.45) is 0. The van der Waals surface area contributed by atoms with Gasteiger partial charge in [0, 0.05) is 12.5 Å². The summed E-state index contributed by atoms with van der Waals surface area (Å²) in [6.45, 7) is 6.00. The lowest BCUT2D eigenvalue weighted by atomic mass is 10.1. The predicted octanol–water partition coefficient (Wildman–Crippen LogP) is 1.97. The normalized spacial score (nSPS) is 10.4. The van der Waals surface area contributed by atoms with Gasteiger partial charge in [-0.1, -0.05) is 26.0 Å². The third kappa shape index (κ3) is 3.27. The number of aromatic hydroxyl groups is 1. The zero-order valence-electron chi connectivity index (χ0n) is 9.37. The average Bonchev–Trinajstić information content (AvgIpc) is 2.19. The lowest BCUT2D eigenvalue weighted by Crippen LogP contribution is -2.27. The zero-order valence-corrected chi connectivity index (χ0v) is 9.37. The molecule has 0 aliphatic carbocycles. The molecule has 0 unspecified atom stereocenters. The predicted molar refractivity (Wildman–Crippen MR) is 59.5 cm³/mol. The highest BCUT2D eigenvalue weighted by molar-refractivity contribution is 5.77. The standard InChI is InChI=1S/C12H17NO2/c1-8(2)12(15)13-7-10-5-4-9(3)11(14)6-10/h4-6,8,14H,7H2,1-3H3,(H,13,15). The van der Waals surface area contributed by atoms with Crippen molar-refractivity contribution >= 4 is 5.91 Å². The van der Waals surface area contributed by atoms with Crippen LogP contribution in [0.2, 0.25) is 0 Å². The van der Waals surface area contributed by atoms with E-state index >= 15 is 0 Å². The summed E-state index contributed by atoms with van der Waals surface area (Å²) in [4.78, 5) is 11.3. The number of hydrogen-bond donors (Lipinski definition) is 2. The summed E-state index contributed by atoms with van der Waals surface area (Å²) < 4.78 is 0. The van der Waals surface area contributed by atoms with Crippen molar-refractivity contribution in [1.82, 2.24) is 5.32 Å². The van der Waals surface area contributed by atoms with E-state index in [1.807, 2.05) is 32.9 Å². The average molecular weight is 207 g/mol. The van der Waals surface area contributed by atoms with Crippen molar-refractivity contribution in [3.05, 3.63) is 29.3 Å². The van der Waals surface area contributed by atoms with Gasteiger partial charge in [0.2, 0.25) is 5.91 Å². The Labute approximate surface area is 90.1 Å². The third-order valence-corrected chi connectivity index (χ3v) is 2.26. The first-order chi connectivity index (χ1) is 7.00. The molecule has 2 N–H and O–H groups in total. The number of rotatable bonds is 3. The molecule has 0 atom stereocenters. The van der Waals surface area contributed by atoms with E-state index in [4.69, 9.17) is 0 Å². The van der Waals surface area contributed by atoms with Crippen molar-refractivity contribution in [2.75, 3.05) is 0 Å². The molecule has 0 spiro atoms. The van der Waals surface area contributed by atoms with Gasteiger partial charge in [-0.25, -0.2) is 0 Å². The molecular formula is C12H17NO2. The Morgan fingerprint density at radius 3 is 2.67 bits per heavy atom. The zero-order chi connectivity index (χ0) is 11.4. The molecular weight excluding hydrogens is 190 g/mol. The van der Waals surface area contributed by atoms with Crippen molar-refractivity contribution in [2.24, 2.45) is 5.92 Å². The fraction of sp³-hybridized carbons (Fsp3) is 0.417. The fourth-order valence-electron chi connectivity index (χ4n) is 1.16. The van der Waals surface area contributed by atoms with Crippen molar-refractivity contribution in [1.29, 1.82) is 0 Å². The van der Waals surface area contributed by atoms with Crippen molar-refractivity contribution in [3.63, 3.8) is 0 Å². The molecule has 0 saturated carbocycles. The van der Waals surface area contributed by atoms with E-state index in [1.54, 1.807) is 6.07 Å². The molecule has 0 radical (unpaired) electrons. The summed E-state index contributed by atoms with van der Waals surface area (Å²) in [5, 5.41) is 12.3. The molecule has 0 fully saturated rings. The van der Waals surface area contributed by atoms with Crippen molar-refractivity contribution < 1.29 is 9.90 Å². The van der Waals surface area contributed by atoms with Crippen LogP contribution in [-0.2, 0) is 11.3 Å². The van der Waals surface area contributed by atoms with Crippen LogP contribution in [0.25, 0.3) is 0 Å². The summed E-state index contributed by atoms with van der Waals surface area (Å²) in [5.74, 6) is 0.283. The molecule has 0 aromatic heterocycles. The van der Waals surface area contributed by atoms with Gasteiger partial charge < -0.3 is 10.4 Å². The maximum atomic E-state index is 11.3. The maximum absolute atomic E-state index is 11.3. The molecule has 0 aliphatic heterocycles. The second kappa shape index (κ2) is 4.82. The van der Waals surface area contributed by atoms with E-state index in [2.05, 4.69) is 5.32 Å². The highest BCUT2D eigenvalue weighted by Gasteiger charge is 2.06. The minimum atomic E-state index is -0.0101. The molecule has 15 heavy (non-hydrogen) atoms. The largest absolute Gasteiger partial charge is 0.508 e. The van der Waals surface area contributed by atoms with E-state index in [0.717, 1.165) is 11.1 Å². The molecule has 1 amide bonds. The smallest absolute Gasteiger partial charge is 0.222 e. The van der Waals surface area contributed by atoms with E-state index < -0.39 is 0 Å². The molecule has 1 aromatic rings. The Balaban J connectivity index is 2.58. The third-order valence-electron chi connectivity index (χ3n) is 2.26. The van der Waals surface area contributed by atoms with Crippen molar-refractivity contribution in [2.45, 2.75) is 27.3 Å². The van der Waals surface area contributed by atoms with E-state index in [9.17, 15) is 9.90 Å². The number of aryl methyl sites for hydroxylation is 1. The SMILES string of the molecule is Cc1ccc(CNC(=O)C(C)C)cc1O. The number of hydrogen-bond acceptors (Lipinski definition) is 2. The van der Waals surface area contributed by atoms with Crippen LogP contribution in [0.5, 0.6) is 5.75 Å². The molecule has 3 heteroatoms. The van der Waals surface area contributed by atoms with E-state index in [0.29, 0.717) is 6.54 Å². The van der Waals surface area contributed by atoms with Gasteiger partial charge in [-0.2, -0.15) is 0 Å². The van der Waals surface area contributed by atoms with Gasteiger partial charge in [-0.05, 0) is 24.1 Å². The number of amides is 1. The first-order valence-corrected chi connectivity index (χ1v) is 5.07. The molecule has 0 heterocycles. The number of benzene rings is 1. The minimum Gasteiger partial charge on any atom is -0.508 e. The molecule has 0 bridgehead atoms. The number of phenols is 1. The van der Waals surface area contributed by atoms with Crippen LogP contribution in [0.1, 0.15) is 25.0 Å². The van der Waals surface area contributed by atoms with Crippen LogP contribution in [0.15, 0.2) is 18.2 Å². The topological polar surface area (TPSA) is 49.3 Å². The number of nitrogens with one attached hydrogen (secondary N) is 1. The van der Waals surface area contributed by atoms with E-state index in [-0.39, 0.29) is 17.6 Å². The Bertz CT molecular complexity index is 359. The van der Waals surface area contributed by atoms with Crippen molar-refractivity contribution in [3.8, 4) is 5.75 Å². The lowest BCUT2D eigenvalue weighted by Gasteiger charge is -2.08. The fourth-order valence-corrected chi connectivity index (χ4v) is 1.16. The maximum Gasteiger partial charge on any atom is 0.222 e. The number of phenolic OH excluding ortho intramolecular Hbond substituents is 1. The Morgan fingerprint density at radius 2 is 2.13 bits per heavy atom.